The van der Waals surface area contributed by atoms with Crippen LogP contribution in [0.25, 0.3) is 16.8 Å². The SMILES string of the molecule is CC[C@H]1c2cc(F)cnc2-c2c(C)c(C3=CCC(C)(C)C=C3)c(CC(=O)O)c(C)c2N1SC. The second-order valence-electron chi connectivity index (χ2n) is 9.61. The number of rotatable bonds is 5. The summed E-state index contributed by atoms with van der Waals surface area (Å²) in [6, 6.07) is 1.56. The molecule has 2 aliphatic rings. The van der Waals surface area contributed by atoms with E-state index in [1.54, 1.807) is 18.0 Å². The van der Waals surface area contributed by atoms with Crippen molar-refractivity contribution in [2.75, 3.05) is 10.6 Å². The second-order valence-corrected chi connectivity index (χ2v) is 10.4. The second kappa shape index (κ2) is 8.64. The van der Waals surface area contributed by atoms with E-state index < -0.39 is 5.97 Å². The number of carboxylic acid groups (broad SMARTS) is 1. The van der Waals surface area contributed by atoms with Crippen LogP contribution in [0.4, 0.5) is 10.1 Å². The maximum absolute atomic E-state index is 14.3. The molecule has 1 atom stereocenters. The van der Waals surface area contributed by atoms with E-state index in [-0.39, 0.29) is 23.7 Å². The van der Waals surface area contributed by atoms with Gasteiger partial charge in [0, 0.05) is 17.4 Å². The first-order valence-corrected chi connectivity index (χ1v) is 12.5. The Morgan fingerprint density at radius 1 is 1.30 bits per heavy atom. The van der Waals surface area contributed by atoms with Crippen LogP contribution in [0.1, 0.15) is 67.5 Å². The summed E-state index contributed by atoms with van der Waals surface area (Å²) < 4.78 is 16.5. The maximum Gasteiger partial charge on any atom is 0.307 e. The van der Waals surface area contributed by atoms with Crippen molar-refractivity contribution in [1.29, 1.82) is 0 Å². The fraction of sp³-hybridized carbons (Fsp3) is 0.407. The fourth-order valence-electron chi connectivity index (χ4n) is 5.19. The molecule has 174 valence electrons. The molecule has 0 fully saturated rings. The van der Waals surface area contributed by atoms with Crippen molar-refractivity contribution in [2.45, 2.75) is 59.9 Å². The highest BCUT2D eigenvalue weighted by atomic mass is 32.2. The van der Waals surface area contributed by atoms with Crippen LogP contribution in [0.15, 0.2) is 30.5 Å². The van der Waals surface area contributed by atoms with Gasteiger partial charge in [-0.15, -0.1) is 0 Å². The van der Waals surface area contributed by atoms with Gasteiger partial charge in [0.25, 0.3) is 0 Å². The van der Waals surface area contributed by atoms with Crippen molar-refractivity contribution in [3.05, 3.63) is 64.1 Å². The van der Waals surface area contributed by atoms with Crippen LogP contribution >= 0.6 is 11.9 Å². The summed E-state index contributed by atoms with van der Waals surface area (Å²) in [6.45, 7) is 10.5. The number of hydrogen-bond donors (Lipinski definition) is 1. The lowest BCUT2D eigenvalue weighted by Crippen LogP contribution is -2.28. The lowest BCUT2D eigenvalue weighted by molar-refractivity contribution is -0.136. The monoisotopic (exact) mass is 466 g/mol. The molecule has 1 aromatic heterocycles. The molecule has 4 nitrogen and oxygen atoms in total. The van der Waals surface area contributed by atoms with Gasteiger partial charge in [0.05, 0.1) is 30.0 Å². The largest absolute Gasteiger partial charge is 0.481 e. The van der Waals surface area contributed by atoms with Crippen molar-refractivity contribution in [3.63, 3.8) is 0 Å². The van der Waals surface area contributed by atoms with Crippen LogP contribution < -0.4 is 4.31 Å². The average Bonchev–Trinajstić information content (AvgIpc) is 2.76. The van der Waals surface area contributed by atoms with Gasteiger partial charge in [-0.2, -0.15) is 0 Å². The number of anilines is 1. The van der Waals surface area contributed by atoms with Crippen molar-refractivity contribution < 1.29 is 14.3 Å². The molecule has 1 aromatic carbocycles. The third kappa shape index (κ3) is 3.99. The van der Waals surface area contributed by atoms with Crippen molar-refractivity contribution >= 4 is 29.2 Å². The maximum atomic E-state index is 14.3. The van der Waals surface area contributed by atoms with Crippen LogP contribution in [0.2, 0.25) is 0 Å². The number of nitrogens with zero attached hydrogens (tertiary/aromatic N) is 2. The molecule has 0 unspecified atom stereocenters. The number of carbonyl (C=O) groups is 1. The van der Waals surface area contributed by atoms with Gasteiger partial charge in [-0.05, 0) is 66.0 Å². The predicted octanol–water partition coefficient (Wildman–Crippen LogP) is 7.05. The number of aromatic nitrogens is 1. The number of benzene rings is 1. The lowest BCUT2D eigenvalue weighted by Gasteiger charge is -2.40. The Balaban J connectivity index is 2.09. The molecule has 0 radical (unpaired) electrons. The van der Waals surface area contributed by atoms with E-state index in [0.29, 0.717) is 0 Å². The summed E-state index contributed by atoms with van der Waals surface area (Å²) in [5.74, 6) is -1.19. The number of aliphatic carboxylic acids is 1. The van der Waals surface area contributed by atoms with Crippen LogP contribution in [0, 0.1) is 25.1 Å². The van der Waals surface area contributed by atoms with Gasteiger partial charge in [-0.3, -0.25) is 9.78 Å². The Kier molecular flexibility index (Phi) is 6.16. The number of carboxylic acids is 1. The molecular weight excluding hydrogens is 435 g/mol. The Morgan fingerprint density at radius 2 is 2.03 bits per heavy atom. The summed E-state index contributed by atoms with van der Waals surface area (Å²) in [4.78, 5) is 16.5. The third-order valence-electron chi connectivity index (χ3n) is 6.84. The van der Waals surface area contributed by atoms with E-state index >= 15 is 0 Å². The third-order valence-corrected chi connectivity index (χ3v) is 7.67. The van der Waals surface area contributed by atoms with Crippen molar-refractivity contribution in [1.82, 2.24) is 4.98 Å². The highest BCUT2D eigenvalue weighted by Crippen LogP contribution is 2.53. The Labute approximate surface area is 199 Å². The zero-order valence-electron chi connectivity index (χ0n) is 20.1. The number of allylic oxidation sites excluding steroid dienone is 4. The van der Waals surface area contributed by atoms with Crippen molar-refractivity contribution in [2.24, 2.45) is 5.41 Å². The lowest BCUT2D eigenvalue weighted by atomic mass is 9.77. The van der Waals surface area contributed by atoms with E-state index in [1.165, 1.54) is 6.20 Å². The fourth-order valence-corrected chi connectivity index (χ4v) is 6.12. The van der Waals surface area contributed by atoms with Gasteiger partial charge in [0.1, 0.15) is 5.82 Å². The molecule has 4 rings (SSSR count). The molecule has 1 N–H and O–H groups in total. The van der Waals surface area contributed by atoms with Crippen LogP contribution in [-0.2, 0) is 11.2 Å². The first kappa shape index (κ1) is 23.6. The van der Waals surface area contributed by atoms with Crippen LogP contribution in [0.5, 0.6) is 0 Å². The highest BCUT2D eigenvalue weighted by molar-refractivity contribution is 8.00. The van der Waals surface area contributed by atoms with Gasteiger partial charge >= 0.3 is 5.97 Å². The van der Waals surface area contributed by atoms with Crippen LogP contribution in [-0.4, -0.2) is 22.3 Å². The van der Waals surface area contributed by atoms with Gasteiger partial charge in [0.15, 0.2) is 0 Å². The molecule has 0 bridgehead atoms. The van der Waals surface area contributed by atoms with E-state index in [0.717, 1.165) is 63.2 Å². The Hall–Kier alpha value is -2.60. The normalized spacial score (nSPS) is 18.6. The summed E-state index contributed by atoms with van der Waals surface area (Å²) >= 11 is 1.59. The van der Waals surface area contributed by atoms with Gasteiger partial charge in [-0.1, -0.05) is 50.9 Å². The van der Waals surface area contributed by atoms with E-state index in [1.807, 2.05) is 20.1 Å². The quantitative estimate of drug-likeness (QED) is 0.479. The smallest absolute Gasteiger partial charge is 0.307 e. The molecule has 0 saturated heterocycles. The van der Waals surface area contributed by atoms with Gasteiger partial charge < -0.3 is 9.41 Å². The first-order valence-electron chi connectivity index (χ1n) is 11.4. The Morgan fingerprint density at radius 3 is 2.61 bits per heavy atom. The van der Waals surface area contributed by atoms with Crippen LogP contribution in [0.3, 0.4) is 0 Å². The highest BCUT2D eigenvalue weighted by Gasteiger charge is 2.36. The minimum atomic E-state index is -0.849. The molecule has 1 aliphatic carbocycles. The average molecular weight is 467 g/mol. The Bertz CT molecular complexity index is 1200. The van der Waals surface area contributed by atoms with E-state index in [2.05, 4.69) is 48.3 Å². The topological polar surface area (TPSA) is 53.4 Å². The zero-order valence-corrected chi connectivity index (χ0v) is 20.9. The molecule has 0 saturated carbocycles. The van der Waals surface area contributed by atoms with Crippen molar-refractivity contribution in [3.8, 4) is 11.3 Å². The van der Waals surface area contributed by atoms with E-state index in [4.69, 9.17) is 0 Å². The zero-order chi connectivity index (χ0) is 24.1. The number of hydrogen-bond acceptors (Lipinski definition) is 4. The minimum absolute atomic E-state index is 0.0399. The molecule has 0 spiro atoms. The summed E-state index contributed by atoms with van der Waals surface area (Å²) in [6.07, 6.45) is 11.4. The summed E-state index contributed by atoms with van der Waals surface area (Å²) in [5, 5.41) is 9.79. The van der Waals surface area contributed by atoms with E-state index in [9.17, 15) is 14.3 Å². The molecule has 1 aliphatic heterocycles. The van der Waals surface area contributed by atoms with Gasteiger partial charge in [-0.25, -0.2) is 4.39 Å². The standard InChI is InChI=1S/C27H31FN2O2S/c1-7-21-20-12-18(28)14-29-25(20)24-16(3)23(17-8-10-27(4,5)11-9-17)19(13-22(31)32)15(2)26(24)30(21)33-6/h8-10,12,14,21H,7,11,13H2,1-6H3,(H,31,32)/t21-/m0/s1. The predicted molar refractivity (Wildman–Crippen MR) is 135 cm³/mol. The minimum Gasteiger partial charge on any atom is -0.481 e. The molecule has 0 amide bonds. The summed E-state index contributed by atoms with van der Waals surface area (Å²) in [5.41, 5.74) is 8.54. The molecule has 33 heavy (non-hydrogen) atoms. The summed E-state index contributed by atoms with van der Waals surface area (Å²) in [7, 11) is 0. The molecule has 2 aromatic rings. The number of fused-ring (bicyclic) bond motifs is 3. The number of pyridine rings is 1. The molecular formula is C27H31FN2O2S. The molecule has 6 heteroatoms. The first-order chi connectivity index (χ1) is 15.6. The number of halogens is 1. The molecule has 2 heterocycles. The van der Waals surface area contributed by atoms with Gasteiger partial charge in [0.2, 0.25) is 0 Å².